The SMILES string of the molecule is COCC(CCO)NC(=O)CCNC(=O)c1ccoc1. The number of hydrogen-bond acceptors (Lipinski definition) is 5. The molecule has 0 aliphatic heterocycles. The van der Waals surface area contributed by atoms with Gasteiger partial charge < -0.3 is 24.9 Å². The smallest absolute Gasteiger partial charge is 0.254 e. The van der Waals surface area contributed by atoms with E-state index in [0.29, 0.717) is 18.6 Å². The largest absolute Gasteiger partial charge is 0.472 e. The van der Waals surface area contributed by atoms with Gasteiger partial charge in [-0.3, -0.25) is 9.59 Å². The van der Waals surface area contributed by atoms with E-state index in [1.54, 1.807) is 6.07 Å². The Morgan fingerprint density at radius 3 is 2.90 bits per heavy atom. The molecule has 112 valence electrons. The van der Waals surface area contributed by atoms with E-state index >= 15 is 0 Å². The van der Waals surface area contributed by atoms with Gasteiger partial charge in [-0.2, -0.15) is 0 Å². The molecule has 0 saturated carbocycles. The average molecular weight is 284 g/mol. The number of methoxy groups -OCH3 is 1. The molecule has 1 aromatic heterocycles. The lowest BCUT2D eigenvalue weighted by Crippen LogP contribution is -2.40. The number of aliphatic hydroxyl groups is 1. The second-order valence-electron chi connectivity index (χ2n) is 4.25. The van der Waals surface area contributed by atoms with Gasteiger partial charge in [-0.15, -0.1) is 0 Å². The molecule has 0 aliphatic rings. The van der Waals surface area contributed by atoms with Gasteiger partial charge in [0.2, 0.25) is 5.91 Å². The Balaban J connectivity index is 2.23. The molecule has 1 unspecified atom stereocenters. The summed E-state index contributed by atoms with van der Waals surface area (Å²) in [4.78, 5) is 23.2. The Labute approximate surface area is 117 Å². The Kier molecular flexibility index (Phi) is 7.38. The van der Waals surface area contributed by atoms with Crippen LogP contribution in [0.2, 0.25) is 0 Å². The minimum Gasteiger partial charge on any atom is -0.472 e. The summed E-state index contributed by atoms with van der Waals surface area (Å²) in [5.41, 5.74) is 0.419. The first kappa shape index (κ1) is 16.2. The lowest BCUT2D eigenvalue weighted by molar-refractivity contribution is -0.122. The van der Waals surface area contributed by atoms with E-state index in [9.17, 15) is 9.59 Å². The van der Waals surface area contributed by atoms with Crippen LogP contribution in [-0.2, 0) is 9.53 Å². The van der Waals surface area contributed by atoms with Crippen molar-refractivity contribution in [3.8, 4) is 0 Å². The molecule has 7 nitrogen and oxygen atoms in total. The molecule has 7 heteroatoms. The molecule has 0 bridgehead atoms. The van der Waals surface area contributed by atoms with Crippen molar-refractivity contribution in [1.82, 2.24) is 10.6 Å². The molecule has 2 amide bonds. The molecular weight excluding hydrogens is 264 g/mol. The predicted molar refractivity (Wildman–Crippen MR) is 71.2 cm³/mol. The molecule has 0 radical (unpaired) electrons. The average Bonchev–Trinajstić information content (AvgIpc) is 2.93. The molecule has 0 spiro atoms. The van der Waals surface area contributed by atoms with Gasteiger partial charge in [0.15, 0.2) is 0 Å². The first-order chi connectivity index (χ1) is 9.67. The Morgan fingerprint density at radius 1 is 1.50 bits per heavy atom. The minimum atomic E-state index is -0.282. The molecule has 0 saturated heterocycles. The standard InChI is InChI=1S/C13H20N2O5/c1-19-9-11(3-6-16)15-12(17)2-5-14-13(18)10-4-7-20-8-10/h4,7-8,11,16H,2-3,5-6,9H2,1H3,(H,14,18)(H,15,17). The number of aliphatic hydroxyl groups excluding tert-OH is 1. The zero-order valence-corrected chi connectivity index (χ0v) is 11.4. The molecule has 1 heterocycles. The number of furan rings is 1. The summed E-state index contributed by atoms with van der Waals surface area (Å²) in [6.45, 7) is 0.549. The van der Waals surface area contributed by atoms with Crippen LogP contribution in [0.5, 0.6) is 0 Å². The Bertz CT molecular complexity index is 399. The van der Waals surface area contributed by atoms with Crippen LogP contribution in [0.15, 0.2) is 23.0 Å². The lowest BCUT2D eigenvalue weighted by Gasteiger charge is -2.16. The van der Waals surface area contributed by atoms with Gasteiger partial charge in [-0.1, -0.05) is 0 Å². The van der Waals surface area contributed by atoms with E-state index in [-0.39, 0.29) is 37.4 Å². The van der Waals surface area contributed by atoms with Gasteiger partial charge in [-0.25, -0.2) is 0 Å². The van der Waals surface area contributed by atoms with Crippen molar-refractivity contribution in [2.24, 2.45) is 0 Å². The van der Waals surface area contributed by atoms with E-state index in [1.807, 2.05) is 0 Å². The summed E-state index contributed by atoms with van der Waals surface area (Å²) in [6, 6.07) is 1.33. The quantitative estimate of drug-likeness (QED) is 0.588. The van der Waals surface area contributed by atoms with Crippen molar-refractivity contribution >= 4 is 11.8 Å². The Hall–Kier alpha value is -1.86. The molecular formula is C13H20N2O5. The maximum Gasteiger partial charge on any atom is 0.254 e. The first-order valence-corrected chi connectivity index (χ1v) is 6.37. The number of rotatable bonds is 9. The second kappa shape index (κ2) is 9.11. The van der Waals surface area contributed by atoms with Crippen LogP contribution in [0.1, 0.15) is 23.2 Å². The summed E-state index contributed by atoms with van der Waals surface area (Å²) in [7, 11) is 1.53. The maximum absolute atomic E-state index is 11.7. The summed E-state index contributed by atoms with van der Waals surface area (Å²) in [6.07, 6.45) is 3.34. The van der Waals surface area contributed by atoms with Crippen LogP contribution < -0.4 is 10.6 Å². The zero-order chi connectivity index (χ0) is 14.8. The summed E-state index contributed by atoms with van der Waals surface area (Å²) >= 11 is 0. The van der Waals surface area contributed by atoms with Crippen LogP contribution in [-0.4, -0.2) is 49.8 Å². The summed E-state index contributed by atoms with van der Waals surface area (Å²) in [5.74, 6) is -0.483. The summed E-state index contributed by atoms with van der Waals surface area (Å²) < 4.78 is 9.73. The second-order valence-corrected chi connectivity index (χ2v) is 4.25. The fourth-order valence-corrected chi connectivity index (χ4v) is 1.64. The number of carbonyl (C=O) groups excluding carboxylic acids is 2. The van der Waals surface area contributed by atoms with E-state index in [4.69, 9.17) is 14.3 Å². The molecule has 0 fully saturated rings. The van der Waals surface area contributed by atoms with E-state index in [2.05, 4.69) is 10.6 Å². The first-order valence-electron chi connectivity index (χ1n) is 6.37. The third kappa shape index (κ3) is 5.85. The van der Waals surface area contributed by atoms with Crippen molar-refractivity contribution in [2.75, 3.05) is 26.9 Å². The van der Waals surface area contributed by atoms with Crippen molar-refractivity contribution in [1.29, 1.82) is 0 Å². The number of hydrogen-bond donors (Lipinski definition) is 3. The van der Waals surface area contributed by atoms with E-state index in [1.165, 1.54) is 19.6 Å². The minimum absolute atomic E-state index is 0.0223. The van der Waals surface area contributed by atoms with Gasteiger partial charge in [0.25, 0.3) is 5.91 Å². The van der Waals surface area contributed by atoms with Gasteiger partial charge in [0, 0.05) is 26.7 Å². The normalized spacial score (nSPS) is 11.9. The number of ether oxygens (including phenoxy) is 1. The molecule has 3 N–H and O–H groups in total. The van der Waals surface area contributed by atoms with Crippen LogP contribution in [0.25, 0.3) is 0 Å². The van der Waals surface area contributed by atoms with Crippen molar-refractivity contribution < 1.29 is 23.8 Å². The topological polar surface area (TPSA) is 101 Å². The fourth-order valence-electron chi connectivity index (χ4n) is 1.64. The fraction of sp³-hybridized carbons (Fsp3) is 0.538. The molecule has 1 atom stereocenters. The van der Waals surface area contributed by atoms with Crippen molar-refractivity contribution in [2.45, 2.75) is 18.9 Å². The van der Waals surface area contributed by atoms with E-state index in [0.717, 1.165) is 0 Å². The van der Waals surface area contributed by atoms with Crippen molar-refractivity contribution in [3.05, 3.63) is 24.2 Å². The third-order valence-corrected chi connectivity index (χ3v) is 2.63. The summed E-state index contributed by atoms with van der Waals surface area (Å²) in [5, 5.41) is 14.2. The van der Waals surface area contributed by atoms with Crippen molar-refractivity contribution in [3.63, 3.8) is 0 Å². The third-order valence-electron chi connectivity index (χ3n) is 2.63. The van der Waals surface area contributed by atoms with Crippen LogP contribution in [0.4, 0.5) is 0 Å². The van der Waals surface area contributed by atoms with Gasteiger partial charge in [0.05, 0.1) is 24.5 Å². The maximum atomic E-state index is 11.7. The van der Waals surface area contributed by atoms with Gasteiger partial charge >= 0.3 is 0 Å². The van der Waals surface area contributed by atoms with Gasteiger partial charge in [0.1, 0.15) is 6.26 Å². The molecule has 1 rings (SSSR count). The molecule has 1 aromatic rings. The number of carbonyl (C=O) groups is 2. The highest BCUT2D eigenvalue weighted by molar-refractivity contribution is 5.94. The zero-order valence-electron chi connectivity index (χ0n) is 11.4. The molecule has 0 aromatic carbocycles. The highest BCUT2D eigenvalue weighted by atomic mass is 16.5. The number of nitrogens with one attached hydrogen (secondary N) is 2. The highest BCUT2D eigenvalue weighted by Gasteiger charge is 2.12. The Morgan fingerprint density at radius 2 is 2.30 bits per heavy atom. The van der Waals surface area contributed by atoms with Crippen LogP contribution in [0, 0.1) is 0 Å². The van der Waals surface area contributed by atoms with Gasteiger partial charge in [-0.05, 0) is 12.5 Å². The highest BCUT2D eigenvalue weighted by Crippen LogP contribution is 1.99. The van der Waals surface area contributed by atoms with Crippen LogP contribution >= 0.6 is 0 Å². The lowest BCUT2D eigenvalue weighted by atomic mass is 10.2. The molecule has 20 heavy (non-hydrogen) atoms. The number of amides is 2. The van der Waals surface area contributed by atoms with E-state index < -0.39 is 0 Å². The van der Waals surface area contributed by atoms with Crippen LogP contribution in [0.3, 0.4) is 0 Å². The predicted octanol–water partition coefficient (Wildman–Crippen LogP) is -0.0869. The molecule has 0 aliphatic carbocycles. The monoisotopic (exact) mass is 284 g/mol.